The molecule has 0 fully saturated rings. The van der Waals surface area contributed by atoms with Crippen molar-refractivity contribution in [3.8, 4) is 0 Å². The van der Waals surface area contributed by atoms with E-state index in [1.165, 1.54) is 0 Å². The molecule has 3 nitrogen and oxygen atoms in total. The summed E-state index contributed by atoms with van der Waals surface area (Å²) in [6.45, 7) is 3.91. The molecule has 0 aromatic heterocycles. The fraction of sp³-hybridized carbons (Fsp3) is 0.143. The van der Waals surface area contributed by atoms with E-state index >= 15 is 0 Å². The molecule has 0 amide bonds. The molecule has 0 aliphatic rings. The van der Waals surface area contributed by atoms with Gasteiger partial charge in [0.25, 0.3) is 0 Å². The molecule has 2 aromatic rings. The van der Waals surface area contributed by atoms with Gasteiger partial charge in [0.1, 0.15) is 0 Å². The summed E-state index contributed by atoms with van der Waals surface area (Å²) in [7, 11) is -3.64. The van der Waals surface area contributed by atoms with E-state index in [-0.39, 0.29) is 4.90 Å². The van der Waals surface area contributed by atoms with E-state index in [1.54, 1.807) is 24.3 Å². The Morgan fingerprint density at radius 2 is 1.32 bits per heavy atom. The third-order valence-corrected chi connectivity index (χ3v) is 6.79. The predicted molar refractivity (Wildman–Crippen MR) is 69.3 cm³/mol. The van der Waals surface area contributed by atoms with Gasteiger partial charge in [0.2, 0.25) is 3.57 Å². The van der Waals surface area contributed by atoms with Gasteiger partial charge in [-0.25, -0.2) is 0 Å². The van der Waals surface area contributed by atoms with E-state index in [2.05, 4.69) is 0 Å². The lowest BCUT2D eigenvalue weighted by molar-refractivity contribution is -0.837. The van der Waals surface area contributed by atoms with Crippen molar-refractivity contribution in [2.45, 2.75) is 18.7 Å². The molecule has 0 spiro atoms. The van der Waals surface area contributed by atoms with E-state index in [1.807, 2.05) is 38.1 Å². The van der Waals surface area contributed by atoms with Crippen molar-refractivity contribution in [2.75, 3.05) is 0 Å². The average molecular weight is 389 g/mol. The van der Waals surface area contributed by atoms with Gasteiger partial charge in [0, 0.05) is 0 Å². The van der Waals surface area contributed by atoms with Crippen molar-refractivity contribution in [3.05, 3.63) is 63.2 Å². The summed E-state index contributed by atoms with van der Waals surface area (Å²) in [6.07, 6.45) is 0. The smallest absolute Gasteiger partial charge is 0.190 e. The molecule has 2 rings (SSSR count). The molecule has 0 radical (unpaired) electrons. The van der Waals surface area contributed by atoms with Crippen LogP contribution in [0.4, 0.5) is 0 Å². The minimum absolute atomic E-state index is 0.213. The largest absolute Gasteiger partial charge is 0.540 e. The van der Waals surface area contributed by atoms with Gasteiger partial charge in [-0.15, -0.1) is 0 Å². The zero-order valence-corrected chi connectivity index (χ0v) is 13.6. The van der Waals surface area contributed by atoms with E-state index in [0.29, 0.717) is 0 Å². The molecule has 0 N–H and O–H groups in total. The maximum Gasteiger partial charge on any atom is 0.540 e. The third-order valence-electron chi connectivity index (χ3n) is 2.52. The summed E-state index contributed by atoms with van der Waals surface area (Å²) >= 11 is -0.997. The molecular formula is C14H14IO3S+. The fourth-order valence-electron chi connectivity index (χ4n) is 1.40. The molecule has 0 saturated heterocycles. The van der Waals surface area contributed by atoms with Crippen LogP contribution in [0, 0.1) is 17.4 Å². The first-order valence-corrected chi connectivity index (χ1v) is 9.06. The summed E-state index contributed by atoms with van der Waals surface area (Å²) in [5.74, 6) is 0. The second kappa shape index (κ2) is 6.02. The van der Waals surface area contributed by atoms with Crippen LogP contribution in [0.5, 0.6) is 0 Å². The van der Waals surface area contributed by atoms with Gasteiger partial charge in [0.05, 0.1) is 4.90 Å². The van der Waals surface area contributed by atoms with E-state index in [0.717, 1.165) is 14.7 Å². The molecule has 100 valence electrons. The Morgan fingerprint density at radius 3 is 1.84 bits per heavy atom. The molecule has 0 aliphatic heterocycles. The molecule has 0 unspecified atom stereocenters. The summed E-state index contributed by atoms with van der Waals surface area (Å²) < 4.78 is 30.1. The van der Waals surface area contributed by atoms with Crippen molar-refractivity contribution in [3.63, 3.8) is 0 Å². The van der Waals surface area contributed by atoms with Crippen molar-refractivity contribution in [1.29, 1.82) is 0 Å². The molecular weight excluding hydrogens is 375 g/mol. The SMILES string of the molecule is Cc1ccc([I+]OS(=O)(=O)c2ccc(C)cc2)cc1. The van der Waals surface area contributed by atoms with Crippen LogP contribution in [0.15, 0.2) is 53.4 Å². The minimum atomic E-state index is -3.64. The number of rotatable bonds is 4. The highest BCUT2D eigenvalue weighted by Crippen LogP contribution is 2.10. The van der Waals surface area contributed by atoms with E-state index in [9.17, 15) is 8.42 Å². The van der Waals surface area contributed by atoms with E-state index < -0.39 is 31.7 Å². The number of benzene rings is 2. The van der Waals surface area contributed by atoms with Crippen LogP contribution in [0.3, 0.4) is 0 Å². The van der Waals surface area contributed by atoms with E-state index in [4.69, 9.17) is 2.51 Å². The maximum absolute atomic E-state index is 12.0. The average Bonchev–Trinajstić information content (AvgIpc) is 2.39. The van der Waals surface area contributed by atoms with Gasteiger partial charge in [-0.3, -0.25) is 0 Å². The molecule has 0 aliphatic carbocycles. The molecule has 0 saturated carbocycles. The summed E-state index contributed by atoms with van der Waals surface area (Å²) in [6, 6.07) is 14.4. The second-order valence-electron chi connectivity index (χ2n) is 4.20. The number of halogens is 1. The lowest BCUT2D eigenvalue weighted by Gasteiger charge is -1.97. The van der Waals surface area contributed by atoms with Gasteiger partial charge in [-0.05, 0) is 40.6 Å². The Balaban J connectivity index is 2.09. The highest BCUT2D eigenvalue weighted by Gasteiger charge is 2.27. The van der Waals surface area contributed by atoms with Gasteiger partial charge in [-0.2, -0.15) is 8.42 Å². The highest BCUT2D eigenvalue weighted by molar-refractivity contribution is 7.86. The Bertz CT molecular complexity index is 646. The zero-order valence-electron chi connectivity index (χ0n) is 10.6. The topological polar surface area (TPSA) is 43.4 Å². The van der Waals surface area contributed by atoms with Gasteiger partial charge < -0.3 is 0 Å². The standard InChI is InChI=1S/C14H14IO3S/c1-11-3-7-13(8-4-11)15-18-19(16,17)14-9-5-12(2)6-10-14/h3-10H,1-2H3/q+1. The van der Waals surface area contributed by atoms with Gasteiger partial charge in [-0.1, -0.05) is 35.4 Å². The van der Waals surface area contributed by atoms with Crippen LogP contribution in [-0.4, -0.2) is 8.42 Å². The van der Waals surface area contributed by atoms with Crippen LogP contribution in [0.2, 0.25) is 0 Å². The Labute approximate surface area is 124 Å². The first-order chi connectivity index (χ1) is 8.97. The maximum atomic E-state index is 12.0. The Morgan fingerprint density at radius 1 is 0.842 bits per heavy atom. The Hall–Kier alpha value is -0.920. The molecule has 0 bridgehead atoms. The molecule has 19 heavy (non-hydrogen) atoms. The van der Waals surface area contributed by atoms with Crippen molar-refractivity contribution >= 4 is 10.1 Å². The molecule has 0 heterocycles. The highest BCUT2D eigenvalue weighted by atomic mass is 127. The van der Waals surface area contributed by atoms with Crippen molar-refractivity contribution < 1.29 is 32.6 Å². The van der Waals surface area contributed by atoms with Crippen LogP contribution < -0.4 is 21.6 Å². The summed E-state index contributed by atoms with van der Waals surface area (Å²) in [5, 5.41) is 0. The zero-order chi connectivity index (χ0) is 13.9. The Kier molecular flexibility index (Phi) is 4.59. The molecule has 2 aromatic carbocycles. The number of aryl methyl sites for hydroxylation is 2. The molecule has 0 atom stereocenters. The van der Waals surface area contributed by atoms with Gasteiger partial charge in [0.15, 0.2) is 0 Å². The first kappa shape index (κ1) is 14.5. The van der Waals surface area contributed by atoms with Crippen LogP contribution in [0.25, 0.3) is 0 Å². The number of hydrogen-bond donors (Lipinski definition) is 0. The normalized spacial score (nSPS) is 11.5. The lowest BCUT2D eigenvalue weighted by Crippen LogP contribution is -3.61. The first-order valence-electron chi connectivity index (χ1n) is 5.69. The van der Waals surface area contributed by atoms with Crippen LogP contribution >= 0.6 is 0 Å². The fourth-order valence-corrected chi connectivity index (χ4v) is 4.71. The van der Waals surface area contributed by atoms with Crippen molar-refractivity contribution in [1.82, 2.24) is 0 Å². The van der Waals surface area contributed by atoms with Crippen molar-refractivity contribution in [2.24, 2.45) is 0 Å². The number of hydrogen-bond acceptors (Lipinski definition) is 3. The summed E-state index contributed by atoms with van der Waals surface area (Å²) in [5.41, 5.74) is 2.17. The predicted octanol–water partition coefficient (Wildman–Crippen LogP) is -0.117. The van der Waals surface area contributed by atoms with Gasteiger partial charge >= 0.3 is 31.7 Å². The lowest BCUT2D eigenvalue weighted by atomic mass is 10.2. The van der Waals surface area contributed by atoms with Crippen LogP contribution in [-0.2, 0) is 12.6 Å². The molecule has 5 heteroatoms. The van der Waals surface area contributed by atoms with Crippen LogP contribution in [0.1, 0.15) is 11.1 Å². The monoisotopic (exact) mass is 389 g/mol. The quantitative estimate of drug-likeness (QED) is 0.686. The third kappa shape index (κ3) is 4.02. The minimum Gasteiger partial charge on any atom is -0.190 e. The second-order valence-corrected chi connectivity index (χ2v) is 8.47. The summed E-state index contributed by atoms with van der Waals surface area (Å²) in [4.78, 5) is 0.213.